The molecule has 0 fully saturated rings. The molecule has 0 aliphatic carbocycles. The number of aryl methyl sites for hydroxylation is 2. The highest BCUT2D eigenvalue weighted by molar-refractivity contribution is 5.63. The van der Waals surface area contributed by atoms with Crippen molar-refractivity contribution in [3.05, 3.63) is 35.2 Å². The number of fused-ring (bicyclic) bond motifs is 1. The van der Waals surface area contributed by atoms with Gasteiger partial charge in [0.1, 0.15) is 6.07 Å². The first-order chi connectivity index (χ1) is 6.24. The van der Waals surface area contributed by atoms with Crippen LogP contribution in [0.2, 0.25) is 0 Å². The number of hydrogen-bond acceptors (Lipinski definition) is 2. The molecular formula is C10H9N3. The van der Waals surface area contributed by atoms with Crippen molar-refractivity contribution in [1.29, 1.82) is 5.26 Å². The fourth-order valence-electron chi connectivity index (χ4n) is 1.54. The van der Waals surface area contributed by atoms with E-state index in [0.29, 0.717) is 5.56 Å². The van der Waals surface area contributed by atoms with Crippen molar-refractivity contribution in [2.75, 3.05) is 0 Å². The van der Waals surface area contributed by atoms with Crippen molar-refractivity contribution < 1.29 is 0 Å². The van der Waals surface area contributed by atoms with Crippen LogP contribution in [0.3, 0.4) is 0 Å². The molecule has 2 rings (SSSR count). The summed E-state index contributed by atoms with van der Waals surface area (Å²) in [4.78, 5) is 0. The number of aromatic nitrogens is 2. The van der Waals surface area contributed by atoms with E-state index in [2.05, 4.69) is 11.2 Å². The smallest absolute Gasteiger partial charge is 0.101 e. The highest BCUT2D eigenvalue weighted by Crippen LogP contribution is 2.17. The molecule has 0 aliphatic rings. The molecule has 2 aromatic rings. The summed E-state index contributed by atoms with van der Waals surface area (Å²) >= 11 is 0. The van der Waals surface area contributed by atoms with Crippen molar-refractivity contribution in [3.8, 4) is 6.07 Å². The Balaban J connectivity index is 2.93. The summed E-state index contributed by atoms with van der Waals surface area (Å²) in [7, 11) is 0. The Hall–Kier alpha value is -1.82. The predicted molar refractivity (Wildman–Crippen MR) is 49.4 cm³/mol. The zero-order chi connectivity index (χ0) is 9.42. The molecule has 0 atom stereocenters. The van der Waals surface area contributed by atoms with Gasteiger partial charge in [-0.25, -0.2) is 4.52 Å². The predicted octanol–water partition coefficient (Wildman–Crippen LogP) is 1.82. The molecule has 3 nitrogen and oxygen atoms in total. The number of rotatable bonds is 0. The Bertz CT molecular complexity index is 503. The Kier molecular flexibility index (Phi) is 1.56. The highest BCUT2D eigenvalue weighted by atomic mass is 15.2. The molecule has 0 aromatic carbocycles. The van der Waals surface area contributed by atoms with Crippen LogP contribution in [-0.2, 0) is 0 Å². The summed E-state index contributed by atoms with van der Waals surface area (Å²) in [6.45, 7) is 3.97. The molecule has 3 heteroatoms. The van der Waals surface area contributed by atoms with Crippen LogP contribution < -0.4 is 0 Å². The van der Waals surface area contributed by atoms with Crippen LogP contribution in [0.5, 0.6) is 0 Å². The second-order valence-corrected chi connectivity index (χ2v) is 3.09. The average molecular weight is 171 g/mol. The van der Waals surface area contributed by atoms with E-state index in [4.69, 9.17) is 5.26 Å². The Morgan fingerprint density at radius 2 is 2.23 bits per heavy atom. The summed E-state index contributed by atoms with van der Waals surface area (Å²) in [6, 6.07) is 4.13. The van der Waals surface area contributed by atoms with Gasteiger partial charge in [0, 0.05) is 6.20 Å². The van der Waals surface area contributed by atoms with Crippen LogP contribution >= 0.6 is 0 Å². The van der Waals surface area contributed by atoms with Gasteiger partial charge in [-0.1, -0.05) is 0 Å². The topological polar surface area (TPSA) is 41.1 Å². The van der Waals surface area contributed by atoms with Gasteiger partial charge in [-0.05, 0) is 31.0 Å². The molecule has 0 bridgehead atoms. The van der Waals surface area contributed by atoms with Gasteiger partial charge in [-0.3, -0.25) is 0 Å². The molecule has 2 heterocycles. The standard InChI is InChI=1S/C10H9N3/c1-7-3-4-13-10(7)8(2)9(5-11)6-12-13/h3-4,6H,1-2H3. The zero-order valence-corrected chi connectivity index (χ0v) is 7.57. The Labute approximate surface area is 76.2 Å². The molecule has 2 aromatic heterocycles. The molecule has 13 heavy (non-hydrogen) atoms. The summed E-state index contributed by atoms with van der Waals surface area (Å²) in [5.74, 6) is 0. The zero-order valence-electron chi connectivity index (χ0n) is 7.57. The van der Waals surface area contributed by atoms with Crippen molar-refractivity contribution in [1.82, 2.24) is 9.61 Å². The van der Waals surface area contributed by atoms with E-state index in [-0.39, 0.29) is 0 Å². The lowest BCUT2D eigenvalue weighted by Crippen LogP contribution is -1.95. The summed E-state index contributed by atoms with van der Waals surface area (Å²) in [5.41, 5.74) is 3.84. The maximum Gasteiger partial charge on any atom is 0.101 e. The lowest BCUT2D eigenvalue weighted by molar-refractivity contribution is 0.928. The fourth-order valence-corrected chi connectivity index (χ4v) is 1.54. The first kappa shape index (κ1) is 7.81. The minimum atomic E-state index is 0.648. The van der Waals surface area contributed by atoms with Gasteiger partial charge in [0.2, 0.25) is 0 Å². The molecule has 0 spiro atoms. The van der Waals surface area contributed by atoms with Crippen LogP contribution in [0.4, 0.5) is 0 Å². The van der Waals surface area contributed by atoms with Gasteiger partial charge in [-0.2, -0.15) is 10.4 Å². The summed E-state index contributed by atoms with van der Waals surface area (Å²) in [5, 5.41) is 12.9. The van der Waals surface area contributed by atoms with Crippen LogP contribution in [0.15, 0.2) is 18.5 Å². The van der Waals surface area contributed by atoms with E-state index >= 15 is 0 Å². The van der Waals surface area contributed by atoms with Gasteiger partial charge in [0.15, 0.2) is 0 Å². The lowest BCUT2D eigenvalue weighted by Gasteiger charge is -2.01. The van der Waals surface area contributed by atoms with E-state index in [0.717, 1.165) is 16.6 Å². The molecule has 64 valence electrons. The minimum absolute atomic E-state index is 0.648. The van der Waals surface area contributed by atoms with E-state index < -0.39 is 0 Å². The van der Waals surface area contributed by atoms with Crippen LogP contribution in [0.25, 0.3) is 5.52 Å². The summed E-state index contributed by atoms with van der Waals surface area (Å²) in [6.07, 6.45) is 3.50. The molecule has 0 unspecified atom stereocenters. The summed E-state index contributed by atoms with van der Waals surface area (Å²) < 4.78 is 1.80. The molecule has 0 amide bonds. The lowest BCUT2D eigenvalue weighted by atomic mass is 10.1. The van der Waals surface area contributed by atoms with Gasteiger partial charge in [0.05, 0.1) is 17.3 Å². The number of nitrogens with zero attached hydrogens (tertiary/aromatic N) is 3. The van der Waals surface area contributed by atoms with Crippen LogP contribution in [-0.4, -0.2) is 9.61 Å². The molecular weight excluding hydrogens is 162 g/mol. The maximum atomic E-state index is 8.81. The van der Waals surface area contributed by atoms with Crippen LogP contribution in [0, 0.1) is 25.2 Å². The molecule has 0 N–H and O–H groups in total. The third-order valence-corrected chi connectivity index (χ3v) is 2.26. The normalized spacial score (nSPS) is 10.2. The first-order valence-corrected chi connectivity index (χ1v) is 4.07. The van der Waals surface area contributed by atoms with Gasteiger partial charge >= 0.3 is 0 Å². The largest absolute Gasteiger partial charge is 0.240 e. The first-order valence-electron chi connectivity index (χ1n) is 4.07. The second kappa shape index (κ2) is 2.60. The average Bonchev–Trinajstić information content (AvgIpc) is 2.49. The number of nitriles is 1. The number of hydrogen-bond donors (Lipinski definition) is 0. The SMILES string of the molecule is Cc1ccn2ncc(C#N)c(C)c12. The van der Waals surface area contributed by atoms with Gasteiger partial charge in [-0.15, -0.1) is 0 Å². The third kappa shape index (κ3) is 0.994. The van der Waals surface area contributed by atoms with Crippen molar-refractivity contribution >= 4 is 5.52 Å². The van der Waals surface area contributed by atoms with E-state index in [9.17, 15) is 0 Å². The quantitative estimate of drug-likeness (QED) is 0.606. The Morgan fingerprint density at radius 3 is 2.92 bits per heavy atom. The van der Waals surface area contributed by atoms with Crippen LogP contribution in [0.1, 0.15) is 16.7 Å². The monoisotopic (exact) mass is 171 g/mol. The maximum absolute atomic E-state index is 8.81. The fraction of sp³-hybridized carbons (Fsp3) is 0.200. The highest BCUT2D eigenvalue weighted by Gasteiger charge is 2.06. The van der Waals surface area contributed by atoms with Gasteiger partial charge < -0.3 is 0 Å². The van der Waals surface area contributed by atoms with E-state index in [1.54, 1.807) is 10.7 Å². The van der Waals surface area contributed by atoms with E-state index in [1.165, 1.54) is 0 Å². The van der Waals surface area contributed by atoms with Gasteiger partial charge in [0.25, 0.3) is 0 Å². The minimum Gasteiger partial charge on any atom is -0.240 e. The van der Waals surface area contributed by atoms with Crippen molar-refractivity contribution in [2.24, 2.45) is 0 Å². The van der Waals surface area contributed by atoms with Crippen molar-refractivity contribution in [3.63, 3.8) is 0 Å². The van der Waals surface area contributed by atoms with E-state index in [1.807, 2.05) is 26.1 Å². The molecule has 0 aliphatic heterocycles. The second-order valence-electron chi connectivity index (χ2n) is 3.09. The third-order valence-electron chi connectivity index (χ3n) is 2.26. The molecule has 0 saturated heterocycles. The molecule has 0 radical (unpaired) electrons. The Morgan fingerprint density at radius 1 is 1.46 bits per heavy atom. The van der Waals surface area contributed by atoms with Crippen molar-refractivity contribution in [2.45, 2.75) is 13.8 Å². The molecule has 0 saturated carbocycles.